The monoisotopic (exact) mass is 216 g/mol. The zero-order chi connectivity index (χ0) is 11.9. The van der Waals surface area contributed by atoms with Crippen LogP contribution in [0.15, 0.2) is 0 Å². The Balaban J connectivity index is 4.86. The molecule has 0 aliphatic rings. The van der Waals surface area contributed by atoms with E-state index in [2.05, 4.69) is 33.1 Å². The molecule has 0 aromatic carbocycles. The van der Waals surface area contributed by atoms with E-state index in [0.29, 0.717) is 5.92 Å². The molecule has 1 unspecified atom stereocenters. The first-order chi connectivity index (χ1) is 7.15. The molecule has 0 aromatic heterocycles. The molecule has 1 atom stereocenters. The molecule has 0 aliphatic heterocycles. The molecular formula is C12H28N2O. The van der Waals surface area contributed by atoms with Crippen molar-refractivity contribution in [3.8, 4) is 0 Å². The van der Waals surface area contributed by atoms with E-state index >= 15 is 0 Å². The van der Waals surface area contributed by atoms with E-state index in [0.717, 1.165) is 25.7 Å². The third kappa shape index (κ3) is 3.16. The van der Waals surface area contributed by atoms with Gasteiger partial charge < -0.3 is 4.74 Å². The van der Waals surface area contributed by atoms with Gasteiger partial charge in [0.1, 0.15) is 0 Å². The number of nitrogens with one attached hydrogen (secondary N) is 1. The highest BCUT2D eigenvalue weighted by atomic mass is 16.5. The van der Waals surface area contributed by atoms with Gasteiger partial charge in [-0.3, -0.25) is 11.3 Å². The van der Waals surface area contributed by atoms with Crippen LogP contribution in [0.3, 0.4) is 0 Å². The fraction of sp³-hybridized carbons (Fsp3) is 1.00. The Bertz CT molecular complexity index is 145. The van der Waals surface area contributed by atoms with Crippen LogP contribution in [0.1, 0.15) is 53.4 Å². The van der Waals surface area contributed by atoms with Gasteiger partial charge in [-0.1, -0.05) is 40.5 Å². The lowest BCUT2D eigenvalue weighted by atomic mass is 9.78. The fourth-order valence-electron chi connectivity index (χ4n) is 2.58. The molecular weight excluding hydrogens is 188 g/mol. The Morgan fingerprint density at radius 3 is 1.80 bits per heavy atom. The van der Waals surface area contributed by atoms with Crippen LogP contribution < -0.4 is 11.3 Å². The Hall–Kier alpha value is -0.120. The lowest BCUT2D eigenvalue weighted by Gasteiger charge is -2.42. The Morgan fingerprint density at radius 2 is 1.60 bits per heavy atom. The van der Waals surface area contributed by atoms with Crippen molar-refractivity contribution in [2.45, 2.75) is 65.0 Å². The van der Waals surface area contributed by atoms with Crippen LogP contribution in [0.25, 0.3) is 0 Å². The minimum Gasteiger partial charge on any atom is -0.377 e. The van der Waals surface area contributed by atoms with Gasteiger partial charge in [0, 0.05) is 7.11 Å². The molecule has 0 aliphatic carbocycles. The summed E-state index contributed by atoms with van der Waals surface area (Å²) < 4.78 is 5.73. The third-order valence-corrected chi connectivity index (χ3v) is 3.87. The smallest absolute Gasteiger partial charge is 0.0841 e. The minimum atomic E-state index is -0.120. The second kappa shape index (κ2) is 7.20. The minimum absolute atomic E-state index is 0.120. The van der Waals surface area contributed by atoms with Gasteiger partial charge in [0.05, 0.1) is 11.6 Å². The van der Waals surface area contributed by atoms with Crippen molar-refractivity contribution in [3.05, 3.63) is 0 Å². The van der Waals surface area contributed by atoms with Crippen LogP contribution in [0, 0.1) is 5.92 Å². The van der Waals surface area contributed by atoms with Gasteiger partial charge in [-0.25, -0.2) is 0 Å². The molecule has 0 heterocycles. The fourth-order valence-corrected chi connectivity index (χ4v) is 2.58. The molecule has 92 valence electrons. The first-order valence-electron chi connectivity index (χ1n) is 6.16. The number of methoxy groups -OCH3 is 1. The summed E-state index contributed by atoms with van der Waals surface area (Å²) in [7, 11) is 1.79. The van der Waals surface area contributed by atoms with Gasteiger partial charge >= 0.3 is 0 Å². The molecule has 0 radical (unpaired) electrons. The Kier molecular flexibility index (Phi) is 7.14. The van der Waals surface area contributed by atoms with Crippen molar-refractivity contribution in [1.29, 1.82) is 0 Å². The van der Waals surface area contributed by atoms with E-state index < -0.39 is 0 Å². The van der Waals surface area contributed by atoms with E-state index in [1.807, 2.05) is 0 Å². The van der Waals surface area contributed by atoms with Crippen LogP contribution in [0.5, 0.6) is 0 Å². The van der Waals surface area contributed by atoms with Gasteiger partial charge in [-0.2, -0.15) is 0 Å². The third-order valence-electron chi connectivity index (χ3n) is 3.87. The van der Waals surface area contributed by atoms with E-state index in [9.17, 15) is 0 Å². The summed E-state index contributed by atoms with van der Waals surface area (Å²) in [6.45, 7) is 8.76. The van der Waals surface area contributed by atoms with Crippen LogP contribution >= 0.6 is 0 Å². The predicted octanol–water partition coefficient (Wildman–Crippen LogP) is 2.46. The van der Waals surface area contributed by atoms with E-state index in [1.165, 1.54) is 0 Å². The summed E-state index contributed by atoms with van der Waals surface area (Å²) in [6.07, 6.45) is 4.25. The summed E-state index contributed by atoms with van der Waals surface area (Å²) in [5.41, 5.74) is 2.85. The summed E-state index contributed by atoms with van der Waals surface area (Å²) in [5, 5.41) is 0. The molecule has 0 saturated heterocycles. The van der Waals surface area contributed by atoms with Crippen LogP contribution in [0.2, 0.25) is 0 Å². The highest BCUT2D eigenvalue weighted by molar-refractivity contribution is 4.93. The molecule has 3 N–H and O–H groups in total. The summed E-state index contributed by atoms with van der Waals surface area (Å²) in [5.74, 6) is 6.29. The van der Waals surface area contributed by atoms with Crippen molar-refractivity contribution in [2.24, 2.45) is 11.8 Å². The maximum atomic E-state index is 5.73. The first-order valence-corrected chi connectivity index (χ1v) is 6.16. The van der Waals surface area contributed by atoms with Gasteiger partial charge in [0.15, 0.2) is 0 Å². The number of rotatable bonds is 8. The zero-order valence-corrected chi connectivity index (χ0v) is 11.0. The van der Waals surface area contributed by atoms with Crippen molar-refractivity contribution < 1.29 is 4.74 Å². The summed E-state index contributed by atoms with van der Waals surface area (Å²) in [4.78, 5) is 0. The molecule has 3 heteroatoms. The van der Waals surface area contributed by atoms with E-state index in [4.69, 9.17) is 10.6 Å². The van der Waals surface area contributed by atoms with Crippen molar-refractivity contribution in [2.75, 3.05) is 7.11 Å². The first kappa shape index (κ1) is 14.9. The molecule has 0 rings (SSSR count). The van der Waals surface area contributed by atoms with Crippen LogP contribution in [-0.2, 0) is 4.74 Å². The van der Waals surface area contributed by atoms with Crippen LogP contribution in [0.4, 0.5) is 0 Å². The molecule has 3 nitrogen and oxygen atoms in total. The lowest BCUT2D eigenvalue weighted by Crippen LogP contribution is -2.57. The van der Waals surface area contributed by atoms with Gasteiger partial charge in [-0.15, -0.1) is 0 Å². The average molecular weight is 216 g/mol. The zero-order valence-electron chi connectivity index (χ0n) is 11.0. The van der Waals surface area contributed by atoms with Crippen LogP contribution in [-0.4, -0.2) is 18.8 Å². The molecule has 0 aromatic rings. The molecule has 15 heavy (non-hydrogen) atoms. The SMILES string of the molecule is CCC(CC)C(NN)C(CC)(CC)OC. The number of hydrogen-bond acceptors (Lipinski definition) is 3. The second-order valence-corrected chi connectivity index (χ2v) is 4.20. The van der Waals surface area contributed by atoms with Gasteiger partial charge in [0.2, 0.25) is 0 Å². The maximum absolute atomic E-state index is 5.73. The highest BCUT2D eigenvalue weighted by Crippen LogP contribution is 2.31. The van der Waals surface area contributed by atoms with Crippen molar-refractivity contribution in [3.63, 3.8) is 0 Å². The van der Waals surface area contributed by atoms with E-state index in [1.54, 1.807) is 7.11 Å². The van der Waals surface area contributed by atoms with Crippen molar-refractivity contribution in [1.82, 2.24) is 5.43 Å². The molecule has 0 bridgehead atoms. The second-order valence-electron chi connectivity index (χ2n) is 4.20. The Morgan fingerprint density at radius 1 is 1.13 bits per heavy atom. The highest BCUT2D eigenvalue weighted by Gasteiger charge is 2.38. The number of hydrogen-bond donors (Lipinski definition) is 2. The quantitative estimate of drug-likeness (QED) is 0.484. The molecule has 0 fully saturated rings. The average Bonchev–Trinajstić information content (AvgIpc) is 2.30. The van der Waals surface area contributed by atoms with Crippen molar-refractivity contribution >= 4 is 0 Å². The Labute approximate surface area is 94.7 Å². The predicted molar refractivity (Wildman–Crippen MR) is 65.5 cm³/mol. The molecule has 0 amide bonds. The number of nitrogens with two attached hydrogens (primary N) is 1. The van der Waals surface area contributed by atoms with Gasteiger partial charge in [0.25, 0.3) is 0 Å². The number of hydrazine groups is 1. The number of ether oxygens (including phenoxy) is 1. The standard InChI is InChI=1S/C12H28N2O/c1-6-10(7-2)11(14-13)12(8-3,9-4)15-5/h10-11,14H,6-9,13H2,1-5H3. The lowest BCUT2D eigenvalue weighted by molar-refractivity contribution is -0.0640. The topological polar surface area (TPSA) is 47.3 Å². The van der Waals surface area contributed by atoms with E-state index in [-0.39, 0.29) is 11.6 Å². The van der Waals surface area contributed by atoms with Gasteiger partial charge in [-0.05, 0) is 18.8 Å². The molecule has 0 saturated carbocycles. The largest absolute Gasteiger partial charge is 0.377 e. The molecule has 0 spiro atoms. The normalized spacial score (nSPS) is 14.6. The summed E-state index contributed by atoms with van der Waals surface area (Å²) >= 11 is 0. The summed E-state index contributed by atoms with van der Waals surface area (Å²) in [6, 6.07) is 0.243. The maximum Gasteiger partial charge on any atom is 0.0841 e.